The minimum absolute atomic E-state index is 0. The lowest BCUT2D eigenvalue weighted by molar-refractivity contribution is -0.131. The van der Waals surface area contributed by atoms with Crippen LogP contribution in [0.15, 0.2) is 23.6 Å². The zero-order chi connectivity index (χ0) is 18.5. The van der Waals surface area contributed by atoms with Crippen LogP contribution in [0.4, 0.5) is 0 Å². The highest BCUT2D eigenvalue weighted by molar-refractivity contribution is 7.13. The van der Waals surface area contributed by atoms with Crippen molar-refractivity contribution >= 4 is 42.1 Å². The van der Waals surface area contributed by atoms with Gasteiger partial charge in [-0.2, -0.15) is 0 Å². The Bertz CT molecular complexity index is 773. The number of carbonyl (C=O) groups is 1. The van der Waals surface area contributed by atoms with Gasteiger partial charge >= 0.3 is 0 Å². The van der Waals surface area contributed by atoms with E-state index in [9.17, 15) is 4.79 Å². The number of halogens is 2. The van der Waals surface area contributed by atoms with Crippen molar-refractivity contribution in [3.8, 4) is 22.1 Å². The maximum absolute atomic E-state index is 12.6. The monoisotopic (exact) mass is 447 g/mol. The number of hydrogen-bond donors (Lipinski definition) is 1. The molecule has 6 nitrogen and oxygen atoms in total. The number of benzene rings is 1. The second-order valence-corrected chi connectivity index (χ2v) is 7.22. The standard InChI is InChI=1S/C19H25N3O3S.2ClH/c1-20-14-5-4-8-22(11-14)18(23)10-15-12-26-19(21-15)13-6-7-16(24-2)17(9-13)25-3;;/h6-7,9,12,14,20H,4-5,8,10-11H2,1-3H3;2*1H. The summed E-state index contributed by atoms with van der Waals surface area (Å²) in [4.78, 5) is 19.2. The van der Waals surface area contributed by atoms with Crippen LogP contribution in [0.2, 0.25) is 0 Å². The fraction of sp³-hybridized carbons (Fsp3) is 0.474. The van der Waals surface area contributed by atoms with Gasteiger partial charge in [0.1, 0.15) is 5.01 Å². The van der Waals surface area contributed by atoms with Crippen molar-refractivity contribution in [1.82, 2.24) is 15.2 Å². The average molecular weight is 448 g/mol. The Morgan fingerprint density at radius 3 is 2.71 bits per heavy atom. The van der Waals surface area contributed by atoms with Crippen LogP contribution >= 0.6 is 36.2 Å². The number of amides is 1. The topological polar surface area (TPSA) is 63.7 Å². The van der Waals surface area contributed by atoms with E-state index in [0.717, 1.165) is 42.2 Å². The first-order valence-electron chi connectivity index (χ1n) is 8.76. The average Bonchev–Trinajstić information content (AvgIpc) is 3.15. The van der Waals surface area contributed by atoms with Crippen molar-refractivity contribution in [2.75, 3.05) is 34.4 Å². The number of thiazole rings is 1. The van der Waals surface area contributed by atoms with Gasteiger partial charge in [-0.15, -0.1) is 36.2 Å². The smallest absolute Gasteiger partial charge is 0.228 e. The van der Waals surface area contributed by atoms with Crippen LogP contribution in [0.1, 0.15) is 18.5 Å². The van der Waals surface area contributed by atoms with E-state index in [1.165, 1.54) is 11.3 Å². The first-order chi connectivity index (χ1) is 12.6. The Morgan fingerprint density at radius 2 is 2.04 bits per heavy atom. The fourth-order valence-corrected chi connectivity index (χ4v) is 4.01. The van der Waals surface area contributed by atoms with Gasteiger partial charge in [0.15, 0.2) is 11.5 Å². The van der Waals surface area contributed by atoms with Gasteiger partial charge in [0, 0.05) is 30.1 Å². The number of piperidine rings is 1. The summed E-state index contributed by atoms with van der Waals surface area (Å²) < 4.78 is 10.6. The molecule has 0 radical (unpaired) electrons. The molecule has 28 heavy (non-hydrogen) atoms. The number of methoxy groups -OCH3 is 2. The minimum atomic E-state index is 0. The number of likely N-dealkylation sites (N-methyl/N-ethyl adjacent to an activating group) is 1. The van der Waals surface area contributed by atoms with E-state index >= 15 is 0 Å². The van der Waals surface area contributed by atoms with Gasteiger partial charge in [-0.25, -0.2) is 4.98 Å². The lowest BCUT2D eigenvalue weighted by Crippen LogP contribution is -2.47. The zero-order valence-corrected chi connectivity index (χ0v) is 18.7. The van der Waals surface area contributed by atoms with E-state index < -0.39 is 0 Å². The van der Waals surface area contributed by atoms with Gasteiger partial charge in [0.05, 0.1) is 26.3 Å². The summed E-state index contributed by atoms with van der Waals surface area (Å²) in [5.41, 5.74) is 1.77. The summed E-state index contributed by atoms with van der Waals surface area (Å²) in [7, 11) is 5.18. The number of nitrogens with zero attached hydrogens (tertiary/aromatic N) is 2. The number of hydrogen-bond acceptors (Lipinski definition) is 6. The van der Waals surface area contributed by atoms with E-state index in [4.69, 9.17) is 9.47 Å². The van der Waals surface area contributed by atoms with Crippen molar-refractivity contribution in [3.05, 3.63) is 29.3 Å². The van der Waals surface area contributed by atoms with Crippen molar-refractivity contribution in [2.24, 2.45) is 0 Å². The number of nitrogens with one attached hydrogen (secondary N) is 1. The van der Waals surface area contributed by atoms with E-state index in [-0.39, 0.29) is 30.7 Å². The van der Waals surface area contributed by atoms with Gasteiger partial charge in [-0.1, -0.05) is 0 Å². The first-order valence-corrected chi connectivity index (χ1v) is 9.64. The molecule has 1 saturated heterocycles. The highest BCUT2D eigenvalue weighted by Crippen LogP contribution is 2.33. The van der Waals surface area contributed by atoms with Gasteiger partial charge in [0.2, 0.25) is 5.91 Å². The molecule has 1 unspecified atom stereocenters. The van der Waals surface area contributed by atoms with E-state index in [1.807, 2.05) is 35.5 Å². The molecule has 2 aromatic rings. The fourth-order valence-electron chi connectivity index (χ4n) is 3.20. The summed E-state index contributed by atoms with van der Waals surface area (Å²) in [5.74, 6) is 1.51. The minimum Gasteiger partial charge on any atom is -0.493 e. The van der Waals surface area contributed by atoms with E-state index in [2.05, 4.69) is 10.3 Å². The van der Waals surface area contributed by atoms with Crippen LogP contribution < -0.4 is 14.8 Å². The van der Waals surface area contributed by atoms with Gasteiger partial charge in [0.25, 0.3) is 0 Å². The molecule has 1 aromatic carbocycles. The number of aromatic nitrogens is 1. The number of carbonyl (C=O) groups excluding carboxylic acids is 1. The molecule has 0 saturated carbocycles. The number of rotatable bonds is 6. The summed E-state index contributed by atoms with van der Waals surface area (Å²) in [5, 5.41) is 6.11. The van der Waals surface area contributed by atoms with Crippen LogP contribution in [-0.4, -0.2) is 56.2 Å². The molecule has 0 aliphatic carbocycles. The third kappa shape index (κ3) is 5.73. The molecule has 1 fully saturated rings. The van der Waals surface area contributed by atoms with E-state index in [1.54, 1.807) is 14.2 Å². The molecule has 1 aliphatic rings. The Labute approximate surface area is 182 Å². The third-order valence-corrected chi connectivity index (χ3v) is 5.64. The van der Waals surface area contributed by atoms with Crippen LogP contribution in [-0.2, 0) is 11.2 Å². The lowest BCUT2D eigenvalue weighted by Gasteiger charge is -2.32. The zero-order valence-electron chi connectivity index (χ0n) is 16.3. The maximum Gasteiger partial charge on any atom is 0.228 e. The van der Waals surface area contributed by atoms with Gasteiger partial charge in [-0.3, -0.25) is 4.79 Å². The Balaban J connectivity index is 0.00000196. The molecule has 1 amide bonds. The number of ether oxygens (including phenoxy) is 2. The SMILES string of the molecule is CNC1CCCN(C(=O)Cc2csc(-c3ccc(OC)c(OC)c3)n2)C1.Cl.Cl. The summed E-state index contributed by atoms with van der Waals surface area (Å²) in [6, 6.07) is 6.12. The molecule has 1 atom stereocenters. The van der Waals surface area contributed by atoms with Crippen LogP contribution in [0.25, 0.3) is 10.6 Å². The predicted octanol–water partition coefficient (Wildman–Crippen LogP) is 3.42. The summed E-state index contributed by atoms with van der Waals surface area (Å²) in [6.07, 6.45) is 2.52. The molecule has 1 aromatic heterocycles. The van der Waals surface area contributed by atoms with Gasteiger partial charge < -0.3 is 19.7 Å². The molecule has 9 heteroatoms. The lowest BCUT2D eigenvalue weighted by atomic mass is 10.1. The second-order valence-electron chi connectivity index (χ2n) is 6.36. The highest BCUT2D eigenvalue weighted by atomic mass is 35.5. The molecule has 0 spiro atoms. The molecule has 2 heterocycles. The van der Waals surface area contributed by atoms with Crippen molar-refractivity contribution < 1.29 is 14.3 Å². The second kappa shape index (κ2) is 11.5. The Kier molecular flexibility index (Phi) is 10.0. The van der Waals surface area contributed by atoms with Crippen molar-refractivity contribution in [3.63, 3.8) is 0 Å². The largest absolute Gasteiger partial charge is 0.493 e. The summed E-state index contributed by atoms with van der Waals surface area (Å²) in [6.45, 7) is 1.62. The molecule has 3 rings (SSSR count). The molecule has 0 bridgehead atoms. The van der Waals surface area contributed by atoms with Crippen LogP contribution in [0.5, 0.6) is 11.5 Å². The highest BCUT2D eigenvalue weighted by Gasteiger charge is 2.23. The van der Waals surface area contributed by atoms with Crippen molar-refractivity contribution in [2.45, 2.75) is 25.3 Å². The maximum atomic E-state index is 12.6. The first kappa shape index (κ1) is 24.5. The molecular weight excluding hydrogens is 421 g/mol. The number of likely N-dealkylation sites (tertiary alicyclic amines) is 1. The molecule has 1 N–H and O–H groups in total. The molecule has 156 valence electrons. The van der Waals surface area contributed by atoms with Crippen molar-refractivity contribution in [1.29, 1.82) is 0 Å². The van der Waals surface area contributed by atoms with Gasteiger partial charge in [-0.05, 0) is 38.1 Å². The van der Waals surface area contributed by atoms with E-state index in [0.29, 0.717) is 24.0 Å². The Hall–Kier alpha value is -1.54. The predicted molar refractivity (Wildman–Crippen MR) is 118 cm³/mol. The molecular formula is C19H27Cl2N3O3S. The summed E-state index contributed by atoms with van der Waals surface area (Å²) >= 11 is 1.54. The normalized spacial score (nSPS) is 16.0. The quantitative estimate of drug-likeness (QED) is 0.734. The third-order valence-electron chi connectivity index (χ3n) is 4.70. The van der Waals surface area contributed by atoms with Crippen LogP contribution in [0.3, 0.4) is 0 Å². The Morgan fingerprint density at radius 1 is 1.29 bits per heavy atom. The van der Waals surface area contributed by atoms with Crippen LogP contribution in [0, 0.1) is 0 Å². The molecule has 1 aliphatic heterocycles.